The predicted molar refractivity (Wildman–Crippen MR) is 89.6 cm³/mol. The van der Waals surface area contributed by atoms with Crippen molar-refractivity contribution in [3.63, 3.8) is 0 Å². The van der Waals surface area contributed by atoms with E-state index < -0.39 is 5.60 Å². The first-order valence-electron chi connectivity index (χ1n) is 7.96. The Labute approximate surface area is 137 Å². The zero-order valence-corrected chi connectivity index (χ0v) is 13.4. The quantitative estimate of drug-likeness (QED) is 0.888. The number of nitrogens with one attached hydrogen (secondary N) is 1. The van der Waals surface area contributed by atoms with E-state index in [0.717, 1.165) is 23.4 Å². The molecule has 0 amide bonds. The Kier molecular flexibility index (Phi) is 4.96. The number of ether oxygens (including phenoxy) is 2. The Hall–Kier alpha value is -1.88. The molecule has 1 saturated heterocycles. The molecule has 122 valence electrons. The SMILES string of the molecule is COc1ccccc1C[C@@](O)(c1ccccc1)C1CNCCO1. The van der Waals surface area contributed by atoms with Crippen molar-refractivity contribution >= 4 is 0 Å². The normalized spacial score (nSPS) is 20.7. The number of rotatable bonds is 5. The first-order chi connectivity index (χ1) is 11.2. The number of methoxy groups -OCH3 is 1. The van der Waals surface area contributed by atoms with E-state index in [1.54, 1.807) is 7.11 Å². The second kappa shape index (κ2) is 7.13. The minimum Gasteiger partial charge on any atom is -0.496 e. The third-order valence-electron chi connectivity index (χ3n) is 4.39. The fourth-order valence-corrected chi connectivity index (χ4v) is 3.14. The van der Waals surface area contributed by atoms with Gasteiger partial charge >= 0.3 is 0 Å². The molecule has 0 saturated carbocycles. The Morgan fingerprint density at radius 3 is 2.61 bits per heavy atom. The van der Waals surface area contributed by atoms with E-state index in [9.17, 15) is 5.11 Å². The number of morpholine rings is 1. The molecule has 1 unspecified atom stereocenters. The van der Waals surface area contributed by atoms with Crippen LogP contribution in [0.4, 0.5) is 0 Å². The van der Waals surface area contributed by atoms with Crippen LogP contribution in [0.1, 0.15) is 11.1 Å². The molecule has 1 fully saturated rings. The lowest BCUT2D eigenvalue weighted by Gasteiger charge is -2.39. The van der Waals surface area contributed by atoms with Crippen molar-refractivity contribution in [1.82, 2.24) is 5.32 Å². The van der Waals surface area contributed by atoms with E-state index in [4.69, 9.17) is 9.47 Å². The molecule has 23 heavy (non-hydrogen) atoms. The van der Waals surface area contributed by atoms with Gasteiger partial charge in [0.05, 0.1) is 13.7 Å². The second-order valence-electron chi connectivity index (χ2n) is 5.84. The van der Waals surface area contributed by atoms with Crippen molar-refractivity contribution in [2.75, 3.05) is 26.8 Å². The van der Waals surface area contributed by atoms with Crippen molar-refractivity contribution in [3.8, 4) is 5.75 Å². The summed E-state index contributed by atoms with van der Waals surface area (Å²) in [6.07, 6.45) is 0.136. The van der Waals surface area contributed by atoms with E-state index >= 15 is 0 Å². The van der Waals surface area contributed by atoms with Crippen molar-refractivity contribution in [2.24, 2.45) is 0 Å². The van der Waals surface area contributed by atoms with Gasteiger partial charge < -0.3 is 19.9 Å². The zero-order valence-electron chi connectivity index (χ0n) is 13.4. The van der Waals surface area contributed by atoms with E-state index in [0.29, 0.717) is 19.6 Å². The van der Waals surface area contributed by atoms with Crippen LogP contribution < -0.4 is 10.1 Å². The molecule has 1 heterocycles. The minimum absolute atomic E-state index is 0.302. The van der Waals surface area contributed by atoms with Gasteiger partial charge in [-0.2, -0.15) is 0 Å². The third-order valence-corrected chi connectivity index (χ3v) is 4.39. The monoisotopic (exact) mass is 313 g/mol. The van der Waals surface area contributed by atoms with Gasteiger partial charge in [0.15, 0.2) is 0 Å². The Balaban J connectivity index is 1.98. The van der Waals surface area contributed by atoms with Gasteiger partial charge in [0.2, 0.25) is 0 Å². The molecule has 1 aliphatic rings. The Morgan fingerprint density at radius 1 is 1.17 bits per heavy atom. The Morgan fingerprint density at radius 2 is 1.91 bits per heavy atom. The standard InChI is InChI=1S/C19H23NO3/c1-22-17-10-6-5-7-15(17)13-19(21,16-8-3-2-4-9-16)18-14-20-11-12-23-18/h2-10,18,20-21H,11-14H2,1H3/t18?,19-/m1/s1. The maximum absolute atomic E-state index is 11.6. The number of para-hydroxylation sites is 1. The molecule has 2 atom stereocenters. The lowest BCUT2D eigenvalue weighted by Crippen LogP contribution is -2.52. The van der Waals surface area contributed by atoms with E-state index in [1.807, 2.05) is 54.6 Å². The lowest BCUT2D eigenvalue weighted by molar-refractivity contribution is -0.124. The largest absolute Gasteiger partial charge is 0.496 e. The van der Waals surface area contributed by atoms with Gasteiger partial charge in [-0.1, -0.05) is 48.5 Å². The summed E-state index contributed by atoms with van der Waals surface area (Å²) in [5.41, 5.74) is 0.721. The summed E-state index contributed by atoms with van der Waals surface area (Å²) in [7, 11) is 1.65. The molecule has 2 N–H and O–H groups in total. The van der Waals surface area contributed by atoms with E-state index in [-0.39, 0.29) is 6.10 Å². The van der Waals surface area contributed by atoms with Gasteiger partial charge in [-0.15, -0.1) is 0 Å². The van der Waals surface area contributed by atoms with Gasteiger partial charge in [0, 0.05) is 19.5 Å². The number of aliphatic hydroxyl groups is 1. The summed E-state index contributed by atoms with van der Waals surface area (Å²) >= 11 is 0. The molecule has 2 aromatic rings. The molecule has 0 spiro atoms. The summed E-state index contributed by atoms with van der Waals surface area (Å²) in [4.78, 5) is 0. The first kappa shape index (κ1) is 16.0. The maximum Gasteiger partial charge on any atom is 0.122 e. The maximum atomic E-state index is 11.6. The van der Waals surface area contributed by atoms with Crippen molar-refractivity contribution in [2.45, 2.75) is 18.1 Å². The lowest BCUT2D eigenvalue weighted by atomic mass is 9.81. The van der Waals surface area contributed by atoms with Crippen LogP contribution in [0.25, 0.3) is 0 Å². The highest BCUT2D eigenvalue weighted by Gasteiger charge is 2.40. The highest BCUT2D eigenvalue weighted by atomic mass is 16.5. The zero-order chi connectivity index (χ0) is 16.1. The molecule has 0 aromatic heterocycles. The fourth-order valence-electron chi connectivity index (χ4n) is 3.14. The van der Waals surface area contributed by atoms with Gasteiger partial charge in [-0.25, -0.2) is 0 Å². The van der Waals surface area contributed by atoms with Crippen LogP contribution in [0.15, 0.2) is 54.6 Å². The van der Waals surface area contributed by atoms with Gasteiger partial charge in [0.25, 0.3) is 0 Å². The summed E-state index contributed by atoms with van der Waals surface area (Å²) in [5.74, 6) is 0.783. The topological polar surface area (TPSA) is 50.7 Å². The van der Waals surface area contributed by atoms with Crippen LogP contribution in [0.2, 0.25) is 0 Å². The fraction of sp³-hybridized carbons (Fsp3) is 0.368. The smallest absolute Gasteiger partial charge is 0.122 e. The molecule has 1 aliphatic heterocycles. The molecule has 0 aliphatic carbocycles. The minimum atomic E-state index is -1.11. The molecule has 0 radical (unpaired) electrons. The molecule has 0 bridgehead atoms. The van der Waals surface area contributed by atoms with Gasteiger partial charge in [0.1, 0.15) is 17.5 Å². The average Bonchev–Trinajstić information content (AvgIpc) is 2.63. The number of hydrogen-bond donors (Lipinski definition) is 2. The summed E-state index contributed by atoms with van der Waals surface area (Å²) in [5, 5.41) is 14.9. The first-order valence-corrected chi connectivity index (χ1v) is 7.96. The van der Waals surface area contributed by atoms with Crippen LogP contribution >= 0.6 is 0 Å². The predicted octanol–water partition coefficient (Wildman–Crippen LogP) is 2.11. The highest BCUT2D eigenvalue weighted by molar-refractivity contribution is 5.37. The summed E-state index contributed by atoms with van der Waals surface area (Å²) in [6, 6.07) is 17.5. The average molecular weight is 313 g/mol. The molecular formula is C19H23NO3. The molecule has 2 aromatic carbocycles. The number of benzene rings is 2. The van der Waals surface area contributed by atoms with Gasteiger partial charge in [-0.05, 0) is 17.2 Å². The van der Waals surface area contributed by atoms with Gasteiger partial charge in [-0.3, -0.25) is 0 Å². The van der Waals surface area contributed by atoms with Crippen LogP contribution in [0, 0.1) is 0 Å². The molecule has 4 nitrogen and oxygen atoms in total. The third kappa shape index (κ3) is 3.39. The molecule has 3 rings (SSSR count). The molecule has 4 heteroatoms. The molecular weight excluding hydrogens is 290 g/mol. The van der Waals surface area contributed by atoms with Crippen LogP contribution in [0.5, 0.6) is 5.75 Å². The highest BCUT2D eigenvalue weighted by Crippen LogP contribution is 2.34. The van der Waals surface area contributed by atoms with Crippen molar-refractivity contribution < 1.29 is 14.6 Å². The second-order valence-corrected chi connectivity index (χ2v) is 5.84. The van der Waals surface area contributed by atoms with Crippen LogP contribution in [-0.4, -0.2) is 38.0 Å². The van der Waals surface area contributed by atoms with Crippen molar-refractivity contribution in [1.29, 1.82) is 0 Å². The summed E-state index contributed by atoms with van der Waals surface area (Å²) in [6.45, 7) is 2.04. The van der Waals surface area contributed by atoms with E-state index in [1.165, 1.54) is 0 Å². The Bertz CT molecular complexity index is 626. The van der Waals surface area contributed by atoms with E-state index in [2.05, 4.69) is 5.32 Å². The van der Waals surface area contributed by atoms with Crippen LogP contribution in [-0.2, 0) is 16.8 Å². The summed E-state index contributed by atoms with van der Waals surface area (Å²) < 4.78 is 11.3. The van der Waals surface area contributed by atoms with Crippen molar-refractivity contribution in [3.05, 3.63) is 65.7 Å². The number of hydrogen-bond acceptors (Lipinski definition) is 4. The van der Waals surface area contributed by atoms with Crippen LogP contribution in [0.3, 0.4) is 0 Å².